The Labute approximate surface area is 140 Å². The summed E-state index contributed by atoms with van der Waals surface area (Å²) in [7, 11) is -2.03. The first-order valence-corrected chi connectivity index (χ1v) is 9.59. The first-order valence-electron chi connectivity index (χ1n) is 7.77. The van der Waals surface area contributed by atoms with Crippen LogP contribution in [0.3, 0.4) is 0 Å². The molecule has 1 aliphatic rings. The molecule has 8 heteroatoms. The molecule has 0 radical (unpaired) electrons. The average molecular weight is 359 g/mol. The number of carbonyl (C=O) groups is 1. The number of aliphatic hydroxyl groups excluding tert-OH is 1. The SMILES string of the molecule is CCS(=O)(=O)CC(=O)NC(c1cc(F)ccc1OC)C1CC(O)C1. The van der Waals surface area contributed by atoms with Crippen LogP contribution in [0.25, 0.3) is 0 Å². The molecular weight excluding hydrogens is 337 g/mol. The second-order valence-corrected chi connectivity index (χ2v) is 8.35. The Balaban J connectivity index is 2.26. The summed E-state index contributed by atoms with van der Waals surface area (Å²) < 4.78 is 42.1. The Kier molecular flexibility index (Phi) is 5.82. The van der Waals surface area contributed by atoms with Crippen LogP contribution in [-0.2, 0) is 14.6 Å². The van der Waals surface area contributed by atoms with Gasteiger partial charge in [-0.15, -0.1) is 0 Å². The molecule has 1 atom stereocenters. The van der Waals surface area contributed by atoms with Crippen LogP contribution in [0.4, 0.5) is 4.39 Å². The molecule has 0 spiro atoms. The second-order valence-electron chi connectivity index (χ2n) is 5.99. The smallest absolute Gasteiger partial charge is 0.235 e. The molecule has 2 rings (SSSR count). The molecule has 1 saturated carbocycles. The molecule has 0 bridgehead atoms. The van der Waals surface area contributed by atoms with E-state index < -0.39 is 39.5 Å². The first-order chi connectivity index (χ1) is 11.3. The van der Waals surface area contributed by atoms with Crippen LogP contribution >= 0.6 is 0 Å². The number of hydrogen-bond donors (Lipinski definition) is 2. The lowest BCUT2D eigenvalue weighted by Crippen LogP contribution is -2.43. The number of halogens is 1. The van der Waals surface area contributed by atoms with E-state index in [-0.39, 0.29) is 11.7 Å². The fraction of sp³-hybridized carbons (Fsp3) is 0.562. The van der Waals surface area contributed by atoms with Crippen molar-refractivity contribution in [2.75, 3.05) is 18.6 Å². The third-order valence-electron chi connectivity index (χ3n) is 4.26. The average Bonchev–Trinajstić information content (AvgIpc) is 2.49. The van der Waals surface area contributed by atoms with Gasteiger partial charge in [-0.1, -0.05) is 6.92 Å². The van der Waals surface area contributed by atoms with Gasteiger partial charge in [0.15, 0.2) is 9.84 Å². The minimum absolute atomic E-state index is 0.107. The number of methoxy groups -OCH3 is 1. The van der Waals surface area contributed by atoms with E-state index in [9.17, 15) is 22.7 Å². The lowest BCUT2D eigenvalue weighted by molar-refractivity contribution is -0.120. The van der Waals surface area contributed by atoms with E-state index in [0.29, 0.717) is 24.2 Å². The maximum atomic E-state index is 13.7. The van der Waals surface area contributed by atoms with Crippen LogP contribution in [0.1, 0.15) is 31.4 Å². The zero-order chi connectivity index (χ0) is 17.9. The van der Waals surface area contributed by atoms with Crippen molar-refractivity contribution < 1.29 is 27.4 Å². The minimum Gasteiger partial charge on any atom is -0.496 e. The highest BCUT2D eigenvalue weighted by molar-refractivity contribution is 7.92. The Bertz CT molecular complexity index is 700. The summed E-state index contributed by atoms with van der Waals surface area (Å²) in [5, 5.41) is 12.2. The highest BCUT2D eigenvalue weighted by Gasteiger charge is 2.37. The van der Waals surface area contributed by atoms with E-state index in [4.69, 9.17) is 4.74 Å². The zero-order valence-corrected chi connectivity index (χ0v) is 14.5. The molecule has 6 nitrogen and oxygen atoms in total. The number of amides is 1. The summed E-state index contributed by atoms with van der Waals surface area (Å²) in [5.41, 5.74) is 0.441. The molecule has 1 aromatic carbocycles. The topological polar surface area (TPSA) is 92.7 Å². The van der Waals surface area contributed by atoms with Gasteiger partial charge in [-0.2, -0.15) is 0 Å². The second kappa shape index (κ2) is 7.48. The maximum absolute atomic E-state index is 13.7. The highest BCUT2D eigenvalue weighted by atomic mass is 32.2. The number of hydrogen-bond acceptors (Lipinski definition) is 5. The quantitative estimate of drug-likeness (QED) is 0.763. The predicted octanol–water partition coefficient (Wildman–Crippen LogP) is 1.20. The normalized spacial score (nSPS) is 21.7. The molecule has 2 N–H and O–H groups in total. The van der Waals surface area contributed by atoms with Crippen LogP contribution in [0.15, 0.2) is 18.2 Å². The Morgan fingerprint density at radius 2 is 2.12 bits per heavy atom. The minimum atomic E-state index is -3.46. The monoisotopic (exact) mass is 359 g/mol. The summed E-state index contributed by atoms with van der Waals surface area (Å²) in [4.78, 5) is 12.1. The molecule has 0 aliphatic heterocycles. The van der Waals surface area contributed by atoms with E-state index in [2.05, 4.69) is 5.32 Å². The van der Waals surface area contributed by atoms with Crippen molar-refractivity contribution in [3.63, 3.8) is 0 Å². The van der Waals surface area contributed by atoms with Crippen LogP contribution in [0.2, 0.25) is 0 Å². The van der Waals surface area contributed by atoms with Crippen LogP contribution in [0, 0.1) is 11.7 Å². The van der Waals surface area contributed by atoms with Crippen molar-refractivity contribution in [1.82, 2.24) is 5.32 Å². The summed E-state index contributed by atoms with van der Waals surface area (Å²) in [6.45, 7) is 1.47. The van der Waals surface area contributed by atoms with E-state index in [0.717, 1.165) is 0 Å². The van der Waals surface area contributed by atoms with Gasteiger partial charge in [0.05, 0.1) is 19.3 Å². The van der Waals surface area contributed by atoms with Crippen LogP contribution in [0.5, 0.6) is 5.75 Å². The molecule has 1 aliphatic carbocycles. The number of carbonyl (C=O) groups excluding carboxylic acids is 1. The van der Waals surface area contributed by atoms with Crippen molar-refractivity contribution in [3.05, 3.63) is 29.6 Å². The lowest BCUT2D eigenvalue weighted by Gasteiger charge is -2.38. The van der Waals surface area contributed by atoms with Gasteiger partial charge in [0.25, 0.3) is 0 Å². The third-order valence-corrected chi connectivity index (χ3v) is 5.84. The molecule has 1 unspecified atom stereocenters. The maximum Gasteiger partial charge on any atom is 0.235 e. The van der Waals surface area contributed by atoms with E-state index in [1.165, 1.54) is 32.2 Å². The number of nitrogens with one attached hydrogen (secondary N) is 1. The zero-order valence-electron chi connectivity index (χ0n) is 13.7. The molecule has 0 saturated heterocycles. The van der Waals surface area contributed by atoms with Crippen molar-refractivity contribution in [1.29, 1.82) is 0 Å². The van der Waals surface area contributed by atoms with Crippen LogP contribution in [-0.4, -0.2) is 44.2 Å². The molecule has 1 amide bonds. The van der Waals surface area contributed by atoms with Gasteiger partial charge in [0.2, 0.25) is 5.91 Å². The standard InChI is InChI=1S/C16H22FNO5S/c1-3-24(21,22)9-15(20)18-16(10-6-12(19)7-10)13-8-11(17)4-5-14(13)23-2/h4-5,8,10,12,16,19H,3,6-7,9H2,1-2H3,(H,18,20). The molecule has 0 aromatic heterocycles. The molecule has 0 heterocycles. The van der Waals surface area contributed by atoms with E-state index in [1.54, 1.807) is 0 Å². The number of benzene rings is 1. The van der Waals surface area contributed by atoms with Crippen molar-refractivity contribution in [2.45, 2.75) is 31.9 Å². The largest absolute Gasteiger partial charge is 0.496 e. The summed E-state index contributed by atoms with van der Waals surface area (Å²) in [6, 6.07) is 3.36. The highest BCUT2D eigenvalue weighted by Crippen LogP contribution is 2.41. The van der Waals surface area contributed by atoms with Gasteiger partial charge in [0.1, 0.15) is 17.3 Å². The molecule has 24 heavy (non-hydrogen) atoms. The Morgan fingerprint density at radius 3 is 2.67 bits per heavy atom. The number of rotatable bonds is 7. The molecular formula is C16H22FNO5S. The predicted molar refractivity (Wildman–Crippen MR) is 86.9 cm³/mol. The van der Waals surface area contributed by atoms with Crippen molar-refractivity contribution in [2.24, 2.45) is 5.92 Å². The molecule has 1 aromatic rings. The van der Waals surface area contributed by atoms with Crippen molar-refractivity contribution >= 4 is 15.7 Å². The third kappa shape index (κ3) is 4.45. The Hall–Kier alpha value is -1.67. The summed E-state index contributed by atoms with van der Waals surface area (Å²) >= 11 is 0. The first kappa shape index (κ1) is 18.7. The Morgan fingerprint density at radius 1 is 1.46 bits per heavy atom. The van der Waals surface area contributed by atoms with E-state index >= 15 is 0 Å². The molecule has 1 fully saturated rings. The van der Waals surface area contributed by atoms with Gasteiger partial charge in [-0.05, 0) is 37.0 Å². The molecule has 134 valence electrons. The van der Waals surface area contributed by atoms with Gasteiger partial charge in [0, 0.05) is 11.3 Å². The number of sulfone groups is 1. The number of ether oxygens (including phenoxy) is 1. The van der Waals surface area contributed by atoms with Gasteiger partial charge in [-0.25, -0.2) is 12.8 Å². The van der Waals surface area contributed by atoms with Gasteiger partial charge >= 0.3 is 0 Å². The summed E-state index contributed by atoms with van der Waals surface area (Å²) in [6.07, 6.45) is 0.435. The fourth-order valence-corrected chi connectivity index (χ4v) is 3.50. The van der Waals surface area contributed by atoms with Crippen molar-refractivity contribution in [3.8, 4) is 5.75 Å². The van der Waals surface area contributed by atoms with Gasteiger partial charge in [-0.3, -0.25) is 4.79 Å². The number of aliphatic hydroxyl groups is 1. The fourth-order valence-electron chi connectivity index (χ4n) is 2.82. The van der Waals surface area contributed by atoms with E-state index in [1.807, 2.05) is 0 Å². The van der Waals surface area contributed by atoms with Crippen LogP contribution < -0.4 is 10.1 Å². The lowest BCUT2D eigenvalue weighted by atomic mass is 9.75. The van der Waals surface area contributed by atoms with Gasteiger partial charge < -0.3 is 15.2 Å². The summed E-state index contributed by atoms with van der Waals surface area (Å²) in [5.74, 6) is -1.57.